The molecule has 2 rings (SSSR count). The van der Waals surface area contributed by atoms with Gasteiger partial charge in [-0.25, -0.2) is 0 Å². The maximum absolute atomic E-state index is 5.66. The summed E-state index contributed by atoms with van der Waals surface area (Å²) in [6.45, 7) is 2.80. The lowest BCUT2D eigenvalue weighted by molar-refractivity contribution is 0.304. The van der Waals surface area contributed by atoms with Crippen molar-refractivity contribution in [1.82, 2.24) is 9.88 Å². The highest BCUT2D eigenvalue weighted by molar-refractivity contribution is 7.80. The summed E-state index contributed by atoms with van der Waals surface area (Å²) in [5.41, 5.74) is 7.84. The Balaban J connectivity index is 2.19. The number of rotatable bonds is 4. The smallest absolute Gasteiger partial charge is 0.0899 e. The van der Waals surface area contributed by atoms with Gasteiger partial charge in [-0.1, -0.05) is 30.4 Å². The molecule has 1 heterocycles. The van der Waals surface area contributed by atoms with Gasteiger partial charge in [-0.3, -0.25) is 9.88 Å². The number of aromatic nitrogens is 1. The Labute approximate surface area is 113 Å². The number of pyridine rings is 1. The van der Waals surface area contributed by atoms with Gasteiger partial charge in [0.1, 0.15) is 0 Å². The standard InChI is InChI=1S/C14H17N3S/c1-10(14(15)18)17(2)9-11-7-12-5-3-4-6-13(12)16-8-11/h3-8,10H,9H2,1-2H3,(H2,15,18). The van der Waals surface area contributed by atoms with Gasteiger partial charge in [0.25, 0.3) is 0 Å². The van der Waals surface area contributed by atoms with E-state index in [0.717, 1.165) is 17.4 Å². The highest BCUT2D eigenvalue weighted by atomic mass is 32.1. The van der Waals surface area contributed by atoms with Crippen molar-refractivity contribution in [3.63, 3.8) is 0 Å². The molecule has 1 aromatic heterocycles. The van der Waals surface area contributed by atoms with Crippen molar-refractivity contribution in [2.75, 3.05) is 7.05 Å². The monoisotopic (exact) mass is 259 g/mol. The summed E-state index contributed by atoms with van der Waals surface area (Å²) in [7, 11) is 2.01. The first-order valence-corrected chi connectivity index (χ1v) is 6.32. The highest BCUT2D eigenvalue weighted by Crippen LogP contribution is 2.14. The molecule has 0 saturated carbocycles. The zero-order valence-corrected chi connectivity index (χ0v) is 11.4. The van der Waals surface area contributed by atoms with Crippen LogP contribution in [0.5, 0.6) is 0 Å². The molecule has 1 unspecified atom stereocenters. The molecular formula is C14H17N3S. The van der Waals surface area contributed by atoms with Crippen molar-refractivity contribution >= 4 is 28.1 Å². The van der Waals surface area contributed by atoms with Crippen molar-refractivity contribution in [3.05, 3.63) is 42.1 Å². The average Bonchev–Trinajstić information content (AvgIpc) is 2.37. The molecule has 4 heteroatoms. The lowest BCUT2D eigenvalue weighted by Crippen LogP contribution is -2.38. The summed E-state index contributed by atoms with van der Waals surface area (Å²) in [4.78, 5) is 7.09. The number of benzene rings is 1. The third kappa shape index (κ3) is 2.83. The van der Waals surface area contributed by atoms with Crippen LogP contribution < -0.4 is 5.73 Å². The van der Waals surface area contributed by atoms with Crippen LogP contribution in [-0.4, -0.2) is 28.0 Å². The summed E-state index contributed by atoms with van der Waals surface area (Å²) in [6, 6.07) is 10.4. The fourth-order valence-electron chi connectivity index (χ4n) is 1.85. The summed E-state index contributed by atoms with van der Waals surface area (Å²) in [6.07, 6.45) is 1.91. The van der Waals surface area contributed by atoms with Crippen LogP contribution in [0.1, 0.15) is 12.5 Å². The van der Waals surface area contributed by atoms with Crippen LogP contribution in [0.2, 0.25) is 0 Å². The van der Waals surface area contributed by atoms with Crippen LogP contribution in [0, 0.1) is 0 Å². The lowest BCUT2D eigenvalue weighted by atomic mass is 10.1. The zero-order chi connectivity index (χ0) is 13.1. The molecule has 0 saturated heterocycles. The fraction of sp³-hybridized carbons (Fsp3) is 0.286. The zero-order valence-electron chi connectivity index (χ0n) is 10.6. The van der Waals surface area contributed by atoms with E-state index in [1.807, 2.05) is 38.4 Å². The molecule has 0 fully saturated rings. The van der Waals surface area contributed by atoms with Crippen molar-refractivity contribution in [2.45, 2.75) is 19.5 Å². The van der Waals surface area contributed by atoms with Gasteiger partial charge in [0.05, 0.1) is 16.5 Å². The Hall–Kier alpha value is -1.52. The number of para-hydroxylation sites is 1. The maximum atomic E-state index is 5.66. The quantitative estimate of drug-likeness (QED) is 0.856. The molecule has 1 atom stereocenters. The number of likely N-dealkylation sites (N-methyl/N-ethyl adjacent to an activating group) is 1. The number of hydrogen-bond acceptors (Lipinski definition) is 3. The van der Waals surface area contributed by atoms with Crippen LogP contribution in [0.4, 0.5) is 0 Å². The van der Waals surface area contributed by atoms with E-state index in [-0.39, 0.29) is 6.04 Å². The van der Waals surface area contributed by atoms with E-state index in [1.165, 1.54) is 5.56 Å². The molecule has 0 amide bonds. The van der Waals surface area contributed by atoms with Crippen molar-refractivity contribution < 1.29 is 0 Å². The van der Waals surface area contributed by atoms with E-state index in [4.69, 9.17) is 18.0 Å². The molecule has 0 aliphatic carbocycles. The SMILES string of the molecule is CC(C(N)=S)N(C)Cc1cnc2ccccc2c1. The summed E-state index contributed by atoms with van der Waals surface area (Å²) in [5, 5.41) is 1.16. The number of nitrogens with zero attached hydrogens (tertiary/aromatic N) is 2. The van der Waals surface area contributed by atoms with Crippen LogP contribution in [0.3, 0.4) is 0 Å². The third-order valence-electron chi connectivity index (χ3n) is 3.15. The molecule has 94 valence electrons. The minimum Gasteiger partial charge on any atom is -0.392 e. The fourth-order valence-corrected chi connectivity index (χ4v) is 2.03. The van der Waals surface area contributed by atoms with Gasteiger partial charge in [0, 0.05) is 18.1 Å². The molecule has 0 aliphatic rings. The largest absolute Gasteiger partial charge is 0.392 e. The maximum Gasteiger partial charge on any atom is 0.0899 e. The van der Waals surface area contributed by atoms with Gasteiger partial charge in [0.2, 0.25) is 0 Å². The second-order valence-electron chi connectivity index (χ2n) is 4.53. The molecular weight excluding hydrogens is 242 g/mol. The highest BCUT2D eigenvalue weighted by Gasteiger charge is 2.12. The second-order valence-corrected chi connectivity index (χ2v) is 5.00. The van der Waals surface area contributed by atoms with E-state index in [9.17, 15) is 0 Å². The van der Waals surface area contributed by atoms with Gasteiger partial charge >= 0.3 is 0 Å². The summed E-state index contributed by atoms with van der Waals surface area (Å²) < 4.78 is 0. The Morgan fingerprint density at radius 3 is 2.89 bits per heavy atom. The minimum absolute atomic E-state index is 0.0893. The summed E-state index contributed by atoms with van der Waals surface area (Å²) >= 11 is 5.01. The molecule has 0 radical (unpaired) electrons. The molecule has 0 spiro atoms. The molecule has 2 aromatic rings. The van der Waals surface area contributed by atoms with Crippen molar-refractivity contribution in [3.8, 4) is 0 Å². The van der Waals surface area contributed by atoms with Gasteiger partial charge in [-0.2, -0.15) is 0 Å². The average molecular weight is 259 g/mol. The van der Waals surface area contributed by atoms with E-state index in [2.05, 4.69) is 22.0 Å². The van der Waals surface area contributed by atoms with Crippen LogP contribution in [0.15, 0.2) is 36.5 Å². The van der Waals surface area contributed by atoms with E-state index >= 15 is 0 Å². The number of fused-ring (bicyclic) bond motifs is 1. The van der Waals surface area contributed by atoms with Crippen LogP contribution in [0.25, 0.3) is 10.9 Å². The van der Waals surface area contributed by atoms with Crippen molar-refractivity contribution in [1.29, 1.82) is 0 Å². The topological polar surface area (TPSA) is 42.1 Å². The molecule has 1 aromatic carbocycles. The van der Waals surface area contributed by atoms with Gasteiger partial charge in [0.15, 0.2) is 0 Å². The Morgan fingerprint density at radius 2 is 2.17 bits per heavy atom. The molecule has 0 bridgehead atoms. The second kappa shape index (κ2) is 5.42. The van der Waals surface area contributed by atoms with Crippen molar-refractivity contribution in [2.24, 2.45) is 5.73 Å². The number of hydrogen-bond donors (Lipinski definition) is 1. The minimum atomic E-state index is 0.0893. The lowest BCUT2D eigenvalue weighted by Gasteiger charge is -2.23. The number of thiocarbonyl (C=S) groups is 1. The normalized spacial score (nSPS) is 12.8. The first kappa shape index (κ1) is 12.9. The van der Waals surface area contributed by atoms with Gasteiger partial charge < -0.3 is 5.73 Å². The molecule has 2 N–H and O–H groups in total. The molecule has 18 heavy (non-hydrogen) atoms. The predicted molar refractivity (Wildman–Crippen MR) is 79.5 cm³/mol. The Kier molecular flexibility index (Phi) is 3.89. The molecule has 3 nitrogen and oxygen atoms in total. The summed E-state index contributed by atoms with van der Waals surface area (Å²) in [5.74, 6) is 0. The first-order chi connectivity index (χ1) is 8.58. The Bertz CT molecular complexity index is 568. The van der Waals surface area contributed by atoms with Gasteiger partial charge in [-0.05, 0) is 31.7 Å². The third-order valence-corrected chi connectivity index (χ3v) is 3.49. The van der Waals surface area contributed by atoms with E-state index in [1.54, 1.807) is 0 Å². The first-order valence-electron chi connectivity index (χ1n) is 5.91. The van der Waals surface area contributed by atoms with Gasteiger partial charge in [-0.15, -0.1) is 0 Å². The molecule has 0 aliphatic heterocycles. The van der Waals surface area contributed by atoms with E-state index in [0.29, 0.717) is 4.99 Å². The van der Waals surface area contributed by atoms with E-state index < -0.39 is 0 Å². The van der Waals surface area contributed by atoms with Crippen LogP contribution in [-0.2, 0) is 6.54 Å². The Morgan fingerprint density at radius 1 is 1.44 bits per heavy atom. The predicted octanol–water partition coefficient (Wildman–Crippen LogP) is 2.34. The van der Waals surface area contributed by atoms with Crippen LogP contribution >= 0.6 is 12.2 Å². The number of nitrogens with two attached hydrogens (primary N) is 1.